The number of benzene rings is 2. The number of carbonyl (C=O) groups excluding carboxylic acids is 2. The second-order valence-electron chi connectivity index (χ2n) is 9.12. The molecule has 0 bridgehead atoms. The zero-order valence-electron chi connectivity index (χ0n) is 19.4. The number of amides is 1. The number of fused-ring (bicyclic) bond motifs is 3. The number of imidazole rings is 1. The van der Waals surface area contributed by atoms with Gasteiger partial charge in [-0.1, -0.05) is 0 Å². The topological polar surface area (TPSA) is 127 Å². The van der Waals surface area contributed by atoms with E-state index in [2.05, 4.69) is 48.9 Å². The van der Waals surface area contributed by atoms with Crippen LogP contribution in [0.3, 0.4) is 0 Å². The van der Waals surface area contributed by atoms with E-state index in [0.29, 0.717) is 33.8 Å². The maximum Gasteiger partial charge on any atom is 0.251 e. The number of likely N-dealkylation sites (N-methyl/N-ethyl adjacent to an activating group) is 1. The first-order valence-electron chi connectivity index (χ1n) is 11.3. The van der Waals surface area contributed by atoms with Crippen LogP contribution < -0.4 is 10.1 Å². The number of rotatable bonds is 4. The first-order valence-corrected chi connectivity index (χ1v) is 12.4. The molecule has 3 N–H and O–H groups in total. The summed E-state index contributed by atoms with van der Waals surface area (Å²) in [5.74, 6) is -0.472. The number of aromatic amines is 2. The lowest BCUT2D eigenvalue weighted by Crippen LogP contribution is -2.58. The Balaban J connectivity index is 1.68. The summed E-state index contributed by atoms with van der Waals surface area (Å²) >= 11 is 2.18. The van der Waals surface area contributed by atoms with Gasteiger partial charge >= 0.3 is 0 Å². The van der Waals surface area contributed by atoms with Gasteiger partial charge in [-0.15, -0.1) is 0 Å². The molecule has 1 fully saturated rings. The molecule has 4 aromatic rings. The van der Waals surface area contributed by atoms with E-state index < -0.39 is 28.6 Å². The molecule has 0 aliphatic carbocycles. The number of ketones is 1. The van der Waals surface area contributed by atoms with Crippen molar-refractivity contribution in [3.8, 4) is 11.8 Å². The molecule has 1 spiro atoms. The number of Topliss-reactive ketones (excluding diaryl/α,β-unsaturated/α-hetero) is 1. The highest BCUT2D eigenvalue weighted by atomic mass is 127. The molecule has 9 nitrogen and oxygen atoms in total. The Kier molecular flexibility index (Phi) is 5.00. The van der Waals surface area contributed by atoms with Crippen molar-refractivity contribution in [2.75, 3.05) is 26.0 Å². The Labute approximate surface area is 220 Å². The molecule has 2 aromatic carbocycles. The zero-order valence-corrected chi connectivity index (χ0v) is 21.6. The predicted octanol–water partition coefficient (Wildman–Crippen LogP) is 3.77. The molecule has 180 valence electrons. The van der Waals surface area contributed by atoms with E-state index in [0.717, 1.165) is 9.09 Å². The SMILES string of the molecule is COc1ccc2[nH]cc(C(=O)[C@]3(C#N)[C@@H](c4ncc[nH]4)CN(C)[C@]34C(=O)Nc3ccc(I)cc34)c2c1. The number of halogens is 1. The quantitative estimate of drug-likeness (QED) is 0.245. The largest absolute Gasteiger partial charge is 0.497 e. The summed E-state index contributed by atoms with van der Waals surface area (Å²) in [6.45, 7) is 0.275. The standard InChI is InChI=1S/C26H21IN6O3/c1-33-12-19(23-29-7-8-30-23)25(13-28,26(33)18-9-14(27)3-5-21(18)32-24(26)35)22(34)17-11-31-20-6-4-15(36-2)10-16(17)20/h3-11,19,31H,12H2,1-2H3,(H,29,30)(H,32,35)/t19-,25+,26-/m1/s1. The number of hydrogen-bond acceptors (Lipinski definition) is 6. The number of nitrogens with one attached hydrogen (secondary N) is 3. The lowest BCUT2D eigenvalue weighted by molar-refractivity contribution is -0.128. The van der Waals surface area contributed by atoms with Gasteiger partial charge in [0.05, 0.1) is 19.1 Å². The summed E-state index contributed by atoms with van der Waals surface area (Å²) in [4.78, 5) is 41.3. The van der Waals surface area contributed by atoms with Gasteiger partial charge in [0.2, 0.25) is 0 Å². The molecule has 4 heterocycles. The van der Waals surface area contributed by atoms with Crippen LogP contribution in [-0.2, 0) is 10.3 Å². The third-order valence-electron chi connectivity index (χ3n) is 7.59. The van der Waals surface area contributed by atoms with Crippen LogP contribution in [0.5, 0.6) is 5.75 Å². The summed E-state index contributed by atoms with van der Waals surface area (Å²) in [5, 5.41) is 14.6. The highest BCUT2D eigenvalue weighted by Crippen LogP contribution is 2.62. The first kappa shape index (κ1) is 22.8. The number of aromatic nitrogens is 3. The third kappa shape index (κ3) is 2.69. The fraction of sp³-hybridized carbons (Fsp3) is 0.231. The van der Waals surface area contributed by atoms with Gasteiger partial charge < -0.3 is 20.0 Å². The van der Waals surface area contributed by atoms with E-state index in [-0.39, 0.29) is 6.54 Å². The average Bonchev–Trinajstić information content (AvgIpc) is 3.65. The predicted molar refractivity (Wildman–Crippen MR) is 141 cm³/mol. The van der Waals surface area contributed by atoms with Crippen LogP contribution in [0.15, 0.2) is 55.0 Å². The van der Waals surface area contributed by atoms with Gasteiger partial charge in [-0.25, -0.2) is 4.98 Å². The van der Waals surface area contributed by atoms with Crippen molar-refractivity contribution >= 4 is 50.9 Å². The summed E-state index contributed by atoms with van der Waals surface area (Å²) in [7, 11) is 3.34. The molecule has 0 saturated carbocycles. The molecule has 0 unspecified atom stereocenters. The maximum atomic E-state index is 14.8. The van der Waals surface area contributed by atoms with Crippen molar-refractivity contribution in [2.24, 2.45) is 5.41 Å². The van der Waals surface area contributed by atoms with Crippen molar-refractivity contribution < 1.29 is 14.3 Å². The zero-order chi connectivity index (χ0) is 25.2. The summed E-state index contributed by atoms with van der Waals surface area (Å²) in [6, 6.07) is 13.4. The van der Waals surface area contributed by atoms with E-state index >= 15 is 0 Å². The number of H-pyrrole nitrogens is 2. The van der Waals surface area contributed by atoms with Crippen LogP contribution in [0.25, 0.3) is 10.9 Å². The fourth-order valence-corrected chi connectivity index (χ4v) is 6.54. The van der Waals surface area contributed by atoms with E-state index in [9.17, 15) is 14.9 Å². The van der Waals surface area contributed by atoms with Crippen molar-refractivity contribution in [1.29, 1.82) is 5.26 Å². The van der Waals surface area contributed by atoms with Crippen molar-refractivity contribution in [3.05, 3.63) is 75.5 Å². The number of anilines is 1. The van der Waals surface area contributed by atoms with Gasteiger partial charge in [-0.05, 0) is 66.0 Å². The lowest BCUT2D eigenvalue weighted by atomic mass is 9.59. The number of carbonyl (C=O) groups is 2. The lowest BCUT2D eigenvalue weighted by Gasteiger charge is -2.40. The average molecular weight is 592 g/mol. The van der Waals surface area contributed by atoms with Crippen LogP contribution in [0.1, 0.15) is 27.7 Å². The maximum absolute atomic E-state index is 14.8. The molecule has 36 heavy (non-hydrogen) atoms. The van der Waals surface area contributed by atoms with Gasteiger partial charge in [0.15, 0.2) is 16.7 Å². The minimum atomic E-state index is -1.82. The normalized spacial score (nSPS) is 25.2. The van der Waals surface area contributed by atoms with Crippen LogP contribution in [0.4, 0.5) is 5.69 Å². The van der Waals surface area contributed by atoms with Gasteiger partial charge in [-0.2, -0.15) is 5.26 Å². The van der Waals surface area contributed by atoms with E-state index in [1.165, 1.54) is 0 Å². The van der Waals surface area contributed by atoms with Gasteiger partial charge in [-0.3, -0.25) is 14.5 Å². The molecular formula is C26H21IN6O3. The fourth-order valence-electron chi connectivity index (χ4n) is 6.05. The molecular weight excluding hydrogens is 571 g/mol. The Bertz CT molecular complexity index is 1590. The Morgan fingerprint density at radius 1 is 1.28 bits per heavy atom. The highest BCUT2D eigenvalue weighted by molar-refractivity contribution is 14.1. The van der Waals surface area contributed by atoms with Crippen molar-refractivity contribution in [3.63, 3.8) is 0 Å². The van der Waals surface area contributed by atoms with E-state index in [1.54, 1.807) is 44.9 Å². The molecule has 10 heteroatoms. The van der Waals surface area contributed by atoms with Crippen LogP contribution in [-0.4, -0.2) is 52.2 Å². The van der Waals surface area contributed by atoms with Gasteiger partial charge in [0.25, 0.3) is 5.91 Å². The Hall–Kier alpha value is -3.69. The van der Waals surface area contributed by atoms with Crippen LogP contribution >= 0.6 is 22.6 Å². The van der Waals surface area contributed by atoms with E-state index in [4.69, 9.17) is 4.74 Å². The number of nitriles is 1. The first-order chi connectivity index (χ1) is 17.4. The monoisotopic (exact) mass is 592 g/mol. The highest BCUT2D eigenvalue weighted by Gasteiger charge is 2.75. The van der Waals surface area contributed by atoms with Crippen molar-refractivity contribution in [2.45, 2.75) is 11.5 Å². The summed E-state index contributed by atoms with van der Waals surface area (Å²) in [5.41, 5.74) is -1.12. The Morgan fingerprint density at radius 2 is 2.11 bits per heavy atom. The number of hydrogen-bond donors (Lipinski definition) is 3. The van der Waals surface area contributed by atoms with Crippen LogP contribution in [0, 0.1) is 20.3 Å². The van der Waals surface area contributed by atoms with E-state index in [1.807, 2.05) is 29.2 Å². The number of methoxy groups -OCH3 is 1. The second-order valence-corrected chi connectivity index (χ2v) is 10.4. The van der Waals surface area contributed by atoms with Crippen molar-refractivity contribution in [1.82, 2.24) is 19.9 Å². The molecule has 2 aliphatic rings. The summed E-state index contributed by atoms with van der Waals surface area (Å²) in [6.07, 6.45) is 4.86. The molecule has 3 atom stereocenters. The second kappa shape index (κ2) is 7.91. The van der Waals surface area contributed by atoms with Gasteiger partial charge in [0.1, 0.15) is 11.6 Å². The minimum absolute atomic E-state index is 0.275. The molecule has 2 aliphatic heterocycles. The molecule has 0 radical (unpaired) electrons. The minimum Gasteiger partial charge on any atom is -0.497 e. The summed E-state index contributed by atoms with van der Waals surface area (Å²) < 4.78 is 6.29. The smallest absolute Gasteiger partial charge is 0.251 e. The molecule has 1 saturated heterocycles. The number of likely N-dealkylation sites (tertiary alicyclic amines) is 1. The molecule has 2 aromatic heterocycles. The Morgan fingerprint density at radius 3 is 2.83 bits per heavy atom. The molecule has 6 rings (SSSR count). The van der Waals surface area contributed by atoms with Gasteiger partial charge in [0, 0.05) is 56.4 Å². The third-order valence-corrected chi connectivity index (χ3v) is 8.26. The van der Waals surface area contributed by atoms with Crippen LogP contribution in [0.2, 0.25) is 0 Å². The number of ether oxygens (including phenoxy) is 1. The molecule has 1 amide bonds. The number of nitrogens with zero attached hydrogens (tertiary/aromatic N) is 3.